The highest BCUT2D eigenvalue weighted by Crippen LogP contribution is 2.13. The Morgan fingerprint density at radius 3 is 2.75 bits per heavy atom. The van der Waals surface area contributed by atoms with Gasteiger partial charge in [-0.05, 0) is 55.3 Å². The fraction of sp³-hybridized carbons (Fsp3) is 0.200. The number of esters is 1. The second-order valence-corrected chi connectivity index (χ2v) is 5.85. The number of rotatable bonds is 5. The van der Waals surface area contributed by atoms with Crippen LogP contribution in [0.2, 0.25) is 0 Å². The summed E-state index contributed by atoms with van der Waals surface area (Å²) in [6, 6.07) is 13.3. The lowest BCUT2D eigenvalue weighted by Crippen LogP contribution is -2.09. The van der Waals surface area contributed by atoms with E-state index < -0.39 is 0 Å². The molecule has 0 radical (unpaired) electrons. The van der Waals surface area contributed by atoms with Crippen molar-refractivity contribution >= 4 is 17.3 Å². The molecule has 2 aromatic heterocycles. The first-order valence-corrected chi connectivity index (χ1v) is 7.89. The molecule has 0 aliphatic heterocycles. The molecule has 0 unspecified atom stereocenters. The number of ether oxygens (including phenoxy) is 1. The van der Waals surface area contributed by atoms with Crippen LogP contribution in [-0.2, 0) is 11.2 Å². The van der Waals surface area contributed by atoms with Crippen LogP contribution < -0.4 is 0 Å². The molecule has 0 aliphatic carbocycles. The SMILES string of the molecule is CC(=O)c1cc(CCOC(=O)c2ccc3cccn3c2)ccc1C. The zero-order valence-electron chi connectivity index (χ0n) is 13.8. The lowest BCUT2D eigenvalue weighted by atomic mass is 10.0. The number of ketones is 1. The van der Waals surface area contributed by atoms with E-state index >= 15 is 0 Å². The minimum Gasteiger partial charge on any atom is -0.462 e. The molecule has 122 valence electrons. The number of aryl methyl sites for hydroxylation is 1. The predicted molar refractivity (Wildman–Crippen MR) is 92.6 cm³/mol. The number of nitrogens with zero attached hydrogens (tertiary/aromatic N) is 1. The molecule has 0 amide bonds. The van der Waals surface area contributed by atoms with Crippen molar-refractivity contribution in [3.63, 3.8) is 0 Å². The number of Topliss-reactive ketones (excluding diaryl/α,β-unsaturated/α-hetero) is 1. The zero-order valence-corrected chi connectivity index (χ0v) is 13.8. The quantitative estimate of drug-likeness (QED) is 0.530. The number of aromatic nitrogens is 1. The number of benzene rings is 1. The maximum Gasteiger partial charge on any atom is 0.339 e. The van der Waals surface area contributed by atoms with Gasteiger partial charge in [-0.2, -0.15) is 0 Å². The van der Waals surface area contributed by atoms with Gasteiger partial charge in [-0.3, -0.25) is 4.79 Å². The number of carbonyl (C=O) groups excluding carboxylic acids is 2. The monoisotopic (exact) mass is 321 g/mol. The maximum absolute atomic E-state index is 12.1. The summed E-state index contributed by atoms with van der Waals surface area (Å²) in [6.07, 6.45) is 4.23. The van der Waals surface area contributed by atoms with Crippen molar-refractivity contribution < 1.29 is 14.3 Å². The van der Waals surface area contributed by atoms with Crippen molar-refractivity contribution in [3.8, 4) is 0 Å². The van der Waals surface area contributed by atoms with Crippen molar-refractivity contribution in [3.05, 3.63) is 77.1 Å². The van der Waals surface area contributed by atoms with E-state index in [1.807, 2.05) is 53.9 Å². The molecule has 0 aliphatic rings. The lowest BCUT2D eigenvalue weighted by molar-refractivity contribution is 0.0508. The number of hydrogen-bond acceptors (Lipinski definition) is 3. The van der Waals surface area contributed by atoms with Crippen LogP contribution in [0.1, 0.15) is 38.8 Å². The Labute approximate surface area is 140 Å². The van der Waals surface area contributed by atoms with Crippen molar-refractivity contribution in [2.75, 3.05) is 6.61 Å². The van der Waals surface area contributed by atoms with Crippen LogP contribution in [0.3, 0.4) is 0 Å². The van der Waals surface area contributed by atoms with Crippen LogP contribution in [-0.4, -0.2) is 22.8 Å². The van der Waals surface area contributed by atoms with Crippen molar-refractivity contribution in [1.29, 1.82) is 0 Å². The van der Waals surface area contributed by atoms with Crippen LogP contribution in [0.5, 0.6) is 0 Å². The van der Waals surface area contributed by atoms with E-state index in [1.165, 1.54) is 0 Å². The van der Waals surface area contributed by atoms with Gasteiger partial charge in [-0.25, -0.2) is 4.79 Å². The molecule has 4 heteroatoms. The number of carbonyl (C=O) groups is 2. The van der Waals surface area contributed by atoms with Gasteiger partial charge in [0.15, 0.2) is 5.78 Å². The molecule has 0 fully saturated rings. The van der Waals surface area contributed by atoms with E-state index in [4.69, 9.17) is 4.74 Å². The Morgan fingerprint density at radius 1 is 1.12 bits per heavy atom. The Kier molecular flexibility index (Phi) is 4.47. The molecule has 4 nitrogen and oxygen atoms in total. The second-order valence-electron chi connectivity index (χ2n) is 5.85. The normalized spacial score (nSPS) is 10.8. The van der Waals surface area contributed by atoms with E-state index in [0.717, 1.165) is 22.2 Å². The van der Waals surface area contributed by atoms with E-state index in [-0.39, 0.29) is 18.4 Å². The van der Waals surface area contributed by atoms with Gasteiger partial charge < -0.3 is 9.14 Å². The van der Waals surface area contributed by atoms with Gasteiger partial charge in [0.2, 0.25) is 0 Å². The highest BCUT2D eigenvalue weighted by Gasteiger charge is 2.09. The smallest absolute Gasteiger partial charge is 0.339 e. The van der Waals surface area contributed by atoms with Gasteiger partial charge in [0.1, 0.15) is 0 Å². The van der Waals surface area contributed by atoms with Crippen molar-refractivity contribution in [1.82, 2.24) is 4.40 Å². The summed E-state index contributed by atoms with van der Waals surface area (Å²) in [4.78, 5) is 23.7. The van der Waals surface area contributed by atoms with Gasteiger partial charge in [-0.1, -0.05) is 12.1 Å². The average Bonchev–Trinajstić information content (AvgIpc) is 3.03. The minimum atomic E-state index is -0.343. The minimum absolute atomic E-state index is 0.0476. The first-order chi connectivity index (χ1) is 11.5. The molecule has 24 heavy (non-hydrogen) atoms. The third kappa shape index (κ3) is 3.38. The molecular formula is C20H19NO3. The summed E-state index contributed by atoms with van der Waals surface area (Å²) in [5.74, 6) is -0.295. The second kappa shape index (κ2) is 6.71. The molecule has 2 heterocycles. The third-order valence-corrected chi connectivity index (χ3v) is 4.06. The van der Waals surface area contributed by atoms with Gasteiger partial charge >= 0.3 is 5.97 Å². The maximum atomic E-state index is 12.1. The highest BCUT2D eigenvalue weighted by molar-refractivity contribution is 5.95. The summed E-state index contributed by atoms with van der Waals surface area (Å²) in [5, 5.41) is 0. The molecule has 0 saturated heterocycles. The Balaban J connectivity index is 1.62. The largest absolute Gasteiger partial charge is 0.462 e. The summed E-state index contributed by atoms with van der Waals surface area (Å²) >= 11 is 0. The molecule has 0 spiro atoms. The molecule has 0 bridgehead atoms. The van der Waals surface area contributed by atoms with Crippen LogP contribution in [0.25, 0.3) is 5.52 Å². The molecule has 0 atom stereocenters. The molecule has 3 aromatic rings. The summed E-state index contributed by atoms with van der Waals surface area (Å²) < 4.78 is 7.24. The summed E-state index contributed by atoms with van der Waals surface area (Å²) in [7, 11) is 0. The summed E-state index contributed by atoms with van der Waals surface area (Å²) in [5.41, 5.74) is 4.22. The van der Waals surface area contributed by atoms with Gasteiger partial charge in [0.25, 0.3) is 0 Å². The Hall–Kier alpha value is -2.88. The van der Waals surface area contributed by atoms with Crippen LogP contribution in [0.4, 0.5) is 0 Å². The Morgan fingerprint density at radius 2 is 1.96 bits per heavy atom. The van der Waals surface area contributed by atoms with Crippen LogP contribution in [0, 0.1) is 6.92 Å². The van der Waals surface area contributed by atoms with Gasteiger partial charge in [0, 0.05) is 29.9 Å². The fourth-order valence-corrected chi connectivity index (χ4v) is 2.70. The summed E-state index contributed by atoms with van der Waals surface area (Å²) in [6.45, 7) is 3.75. The lowest BCUT2D eigenvalue weighted by Gasteiger charge is -2.08. The fourth-order valence-electron chi connectivity index (χ4n) is 2.70. The molecule has 0 saturated carbocycles. The van der Waals surface area contributed by atoms with Gasteiger partial charge in [-0.15, -0.1) is 0 Å². The topological polar surface area (TPSA) is 47.8 Å². The first-order valence-electron chi connectivity index (χ1n) is 7.89. The Bertz CT molecular complexity index is 908. The van der Waals surface area contributed by atoms with E-state index in [1.54, 1.807) is 19.2 Å². The van der Waals surface area contributed by atoms with Crippen molar-refractivity contribution in [2.24, 2.45) is 0 Å². The van der Waals surface area contributed by atoms with E-state index in [9.17, 15) is 9.59 Å². The first kappa shape index (κ1) is 16.0. The third-order valence-electron chi connectivity index (χ3n) is 4.06. The van der Waals surface area contributed by atoms with Crippen LogP contribution in [0.15, 0.2) is 54.9 Å². The van der Waals surface area contributed by atoms with E-state index in [0.29, 0.717) is 12.0 Å². The van der Waals surface area contributed by atoms with Gasteiger partial charge in [0.05, 0.1) is 12.2 Å². The molecule has 3 rings (SSSR count). The van der Waals surface area contributed by atoms with E-state index in [2.05, 4.69) is 0 Å². The number of fused-ring (bicyclic) bond motifs is 1. The van der Waals surface area contributed by atoms with Crippen LogP contribution >= 0.6 is 0 Å². The standard InChI is InChI=1S/C20H19NO3/c1-14-5-6-16(12-19(14)15(2)22)9-11-24-20(23)17-7-8-18-4-3-10-21(18)13-17/h3-8,10,12-13H,9,11H2,1-2H3. The zero-order chi connectivity index (χ0) is 17.1. The average molecular weight is 321 g/mol. The molecule has 1 aromatic carbocycles. The number of hydrogen-bond donors (Lipinski definition) is 0. The molecule has 0 N–H and O–H groups in total. The van der Waals surface area contributed by atoms with Crippen molar-refractivity contribution in [2.45, 2.75) is 20.3 Å². The highest BCUT2D eigenvalue weighted by atomic mass is 16.5. The molecular weight excluding hydrogens is 302 g/mol. The number of pyridine rings is 1. The predicted octanol–water partition coefficient (Wildman–Crippen LogP) is 3.85.